The molecule has 0 fully saturated rings. The Morgan fingerprint density at radius 2 is 0.455 bits per heavy atom. The first kappa shape index (κ1) is 47.2. The fraction of sp³-hybridized carbons (Fsp3) is 0.0725. The summed E-state index contributed by atoms with van der Waals surface area (Å²) < 4.78 is 0. The monoisotopic (exact) mass is 1060 g/mol. The van der Waals surface area contributed by atoms with Crippen LogP contribution in [-0.4, -0.2) is 0 Å². The third-order valence-electron chi connectivity index (χ3n) is 15.1. The minimum absolute atomic E-state index is 0.781. The minimum atomic E-state index is -0.781. The van der Waals surface area contributed by atoms with E-state index >= 15 is 0 Å². The van der Waals surface area contributed by atoms with E-state index < -0.39 is 5.41 Å². The van der Waals surface area contributed by atoms with E-state index in [-0.39, 0.29) is 0 Å². The Morgan fingerprint density at radius 1 is 0.234 bits per heavy atom. The molecule has 0 aliphatic heterocycles. The third-order valence-corrected chi connectivity index (χ3v) is 19.0. The number of benzene rings is 8. The molecule has 77 heavy (non-hydrogen) atoms. The molecule has 2 aliphatic rings. The molecule has 0 radical (unpaired) electrons. The van der Waals surface area contributed by atoms with Crippen LogP contribution in [0, 0.1) is 27.7 Å². The second kappa shape index (κ2) is 19.1. The molecule has 372 valence electrons. The smallest absolute Gasteiger partial charge is 0.100 e. The van der Waals surface area contributed by atoms with Gasteiger partial charge in [-0.3, -0.25) is 0 Å². The lowest BCUT2D eigenvalue weighted by atomic mass is 9.70. The zero-order valence-corrected chi connectivity index (χ0v) is 46.3. The fourth-order valence-electron chi connectivity index (χ4n) is 11.8. The molecule has 0 unspecified atom stereocenters. The van der Waals surface area contributed by atoms with E-state index in [4.69, 9.17) is 0 Å². The number of hydrogen-bond acceptors (Lipinski definition) is 8. The summed E-state index contributed by atoms with van der Waals surface area (Å²) in [6.45, 7) is 8.81. The second-order valence-electron chi connectivity index (χ2n) is 19.9. The van der Waals surface area contributed by atoms with Gasteiger partial charge in [0.05, 0.1) is 5.41 Å². The molecule has 4 aromatic heterocycles. The number of nitrogens with zero attached hydrogens (tertiary/aromatic N) is 4. The molecule has 0 atom stereocenters. The van der Waals surface area contributed by atoms with Crippen LogP contribution in [0.15, 0.2) is 243 Å². The molecular formula is C69H52N4S4. The normalized spacial score (nSPS) is 12.5. The summed E-state index contributed by atoms with van der Waals surface area (Å²) in [5, 5.41) is 4.71. The Labute approximate surface area is 466 Å². The first-order chi connectivity index (χ1) is 37.8. The molecule has 0 saturated heterocycles. The Balaban J connectivity index is 1.10. The zero-order chi connectivity index (χ0) is 51.8. The van der Waals surface area contributed by atoms with Gasteiger partial charge >= 0.3 is 0 Å². The number of thiophene rings is 4. The van der Waals surface area contributed by atoms with Gasteiger partial charge in [-0.15, -0.1) is 45.3 Å². The number of aryl methyl sites for hydroxylation is 4. The van der Waals surface area contributed by atoms with E-state index in [1.54, 1.807) is 0 Å². The van der Waals surface area contributed by atoms with Crippen LogP contribution in [0.2, 0.25) is 0 Å². The number of anilines is 12. The molecule has 4 nitrogen and oxygen atoms in total. The molecule has 4 heterocycles. The van der Waals surface area contributed by atoms with Gasteiger partial charge in [-0.05, 0) is 218 Å². The van der Waals surface area contributed by atoms with Crippen molar-refractivity contribution in [2.45, 2.75) is 33.1 Å². The maximum absolute atomic E-state index is 2.53. The molecule has 2 aliphatic carbocycles. The van der Waals surface area contributed by atoms with Crippen molar-refractivity contribution in [3.05, 3.63) is 284 Å². The second-order valence-corrected chi connectivity index (χ2v) is 25.0. The van der Waals surface area contributed by atoms with Gasteiger partial charge in [0.1, 0.15) is 20.0 Å². The maximum atomic E-state index is 2.53. The van der Waals surface area contributed by atoms with E-state index in [1.165, 1.54) is 84.0 Å². The highest BCUT2D eigenvalue weighted by atomic mass is 32.1. The van der Waals surface area contributed by atoms with E-state index in [9.17, 15) is 0 Å². The molecule has 14 rings (SSSR count). The average Bonchev–Trinajstić information content (AvgIpc) is 4.22. The van der Waals surface area contributed by atoms with Crippen molar-refractivity contribution in [3.63, 3.8) is 0 Å². The van der Waals surface area contributed by atoms with Crippen LogP contribution in [0.5, 0.6) is 0 Å². The first-order valence-electron chi connectivity index (χ1n) is 26.1. The number of fused-ring (bicyclic) bond motifs is 10. The molecular weight excluding hydrogens is 1010 g/mol. The number of para-hydroxylation sites is 4. The summed E-state index contributed by atoms with van der Waals surface area (Å²) in [6.07, 6.45) is 0. The lowest BCUT2D eigenvalue weighted by Crippen LogP contribution is -2.27. The van der Waals surface area contributed by atoms with Gasteiger partial charge in [0, 0.05) is 65.0 Å². The van der Waals surface area contributed by atoms with Crippen molar-refractivity contribution in [1.82, 2.24) is 0 Å². The molecule has 0 bridgehead atoms. The predicted molar refractivity (Wildman–Crippen MR) is 332 cm³/mol. The molecule has 1 spiro atoms. The Bertz CT molecular complexity index is 3600. The van der Waals surface area contributed by atoms with Gasteiger partial charge in [-0.2, -0.15) is 0 Å². The van der Waals surface area contributed by atoms with Crippen LogP contribution in [0.25, 0.3) is 22.3 Å². The van der Waals surface area contributed by atoms with Crippen LogP contribution >= 0.6 is 45.3 Å². The lowest BCUT2D eigenvalue weighted by molar-refractivity contribution is 0.793. The summed E-state index contributed by atoms with van der Waals surface area (Å²) in [7, 11) is 0. The van der Waals surface area contributed by atoms with Gasteiger partial charge in [0.15, 0.2) is 0 Å². The van der Waals surface area contributed by atoms with Crippen molar-refractivity contribution in [2.24, 2.45) is 0 Å². The van der Waals surface area contributed by atoms with E-state index in [0.29, 0.717) is 0 Å². The topological polar surface area (TPSA) is 13.0 Å². The number of rotatable bonds is 12. The van der Waals surface area contributed by atoms with Gasteiger partial charge in [0.25, 0.3) is 0 Å². The highest BCUT2D eigenvalue weighted by Gasteiger charge is 2.53. The highest BCUT2D eigenvalue weighted by molar-refractivity contribution is 7.17. The summed E-state index contributed by atoms with van der Waals surface area (Å²) in [4.78, 5) is 14.9. The predicted octanol–water partition coefficient (Wildman–Crippen LogP) is 21.4. The SMILES string of the molecule is Cc1ccc(N(c2ccccc2)c2ccc3c(c2)C2(c4cc(N(c5ccccc5)c5ccc(C)s5)ccc4-3)c3cc(N(c4ccccc4)c4ccc(C)s4)ccc3-c3ccc(N(c4ccccc4)c4ccc(C)s4)cc32)s1. The Kier molecular flexibility index (Phi) is 11.7. The van der Waals surface area contributed by atoms with Crippen molar-refractivity contribution < 1.29 is 0 Å². The maximum Gasteiger partial charge on any atom is 0.100 e. The van der Waals surface area contributed by atoms with Crippen LogP contribution < -0.4 is 19.6 Å². The van der Waals surface area contributed by atoms with Gasteiger partial charge < -0.3 is 19.6 Å². The van der Waals surface area contributed by atoms with E-state index in [0.717, 1.165) is 45.5 Å². The quantitative estimate of drug-likeness (QED) is 0.121. The highest BCUT2D eigenvalue weighted by Crippen LogP contribution is 2.66. The lowest BCUT2D eigenvalue weighted by Gasteiger charge is -2.34. The summed E-state index contributed by atoms with van der Waals surface area (Å²) >= 11 is 7.31. The summed E-state index contributed by atoms with van der Waals surface area (Å²) in [5.41, 5.74) is 18.2. The van der Waals surface area contributed by atoms with Crippen LogP contribution in [0.1, 0.15) is 41.8 Å². The van der Waals surface area contributed by atoms with Crippen molar-refractivity contribution in [1.29, 1.82) is 0 Å². The standard InChI is InChI=1S/C69H52N4S4/c1-45-25-37-65(74-45)70(49-17-9-5-10-18-49)53-29-33-57-58-34-30-54(71(50-19-11-6-12-20-50)66-38-26-46(2)75-66)42-62(58)69(61(57)41-53)63-43-55(72(51-21-13-7-14-22-51)67-39-27-47(3)76-67)31-35-59(63)60-36-32-56(44-64(60)69)73(52-23-15-8-16-24-52)68-40-28-48(4)77-68/h5-44H,1-4H3. The molecule has 0 amide bonds. The average molecular weight is 1070 g/mol. The van der Waals surface area contributed by atoms with Gasteiger partial charge in [0.2, 0.25) is 0 Å². The minimum Gasteiger partial charge on any atom is -0.302 e. The van der Waals surface area contributed by atoms with E-state index in [2.05, 4.69) is 290 Å². The summed E-state index contributed by atoms with van der Waals surface area (Å²) in [5.74, 6) is 0. The molecule has 12 aromatic rings. The molecule has 8 aromatic carbocycles. The third kappa shape index (κ3) is 7.97. The Hall–Kier alpha value is -8.24. The number of hydrogen-bond donors (Lipinski definition) is 0. The van der Waals surface area contributed by atoms with Crippen molar-refractivity contribution in [3.8, 4) is 22.3 Å². The van der Waals surface area contributed by atoms with Crippen LogP contribution in [0.4, 0.5) is 65.5 Å². The Morgan fingerprint density at radius 3 is 0.649 bits per heavy atom. The van der Waals surface area contributed by atoms with Crippen molar-refractivity contribution in [2.75, 3.05) is 19.6 Å². The fourth-order valence-corrected chi connectivity index (χ4v) is 15.4. The summed E-state index contributed by atoms with van der Waals surface area (Å²) in [6, 6.07) is 90.7. The molecule has 0 saturated carbocycles. The first-order valence-corrected chi connectivity index (χ1v) is 29.3. The van der Waals surface area contributed by atoms with Crippen molar-refractivity contribution >= 4 is 111 Å². The van der Waals surface area contributed by atoms with E-state index in [1.807, 2.05) is 45.3 Å². The van der Waals surface area contributed by atoms with Gasteiger partial charge in [-0.25, -0.2) is 0 Å². The molecule has 8 heteroatoms. The van der Waals surface area contributed by atoms with Gasteiger partial charge in [-0.1, -0.05) is 97.1 Å². The van der Waals surface area contributed by atoms with Crippen LogP contribution in [-0.2, 0) is 5.41 Å². The molecule has 0 N–H and O–H groups in total. The largest absolute Gasteiger partial charge is 0.302 e. The zero-order valence-electron chi connectivity index (χ0n) is 43.0. The van der Waals surface area contributed by atoms with Crippen LogP contribution in [0.3, 0.4) is 0 Å².